The lowest BCUT2D eigenvalue weighted by molar-refractivity contribution is -0.383. The second-order valence-electron chi connectivity index (χ2n) is 6.69. The highest BCUT2D eigenvalue weighted by Gasteiger charge is 2.31. The fourth-order valence-corrected chi connectivity index (χ4v) is 2.84. The van der Waals surface area contributed by atoms with Crippen molar-refractivity contribution in [3.05, 3.63) is 22.6 Å². The number of ether oxygens (including phenoxy) is 4. The van der Waals surface area contributed by atoms with Crippen molar-refractivity contribution in [2.75, 3.05) is 18.9 Å². The number of esters is 3. The third-order valence-electron chi connectivity index (χ3n) is 4.21. The van der Waals surface area contributed by atoms with Crippen molar-refractivity contribution in [2.45, 2.75) is 46.1 Å². The lowest BCUT2D eigenvalue weighted by atomic mass is 10.2. The number of carbonyl (C=O) groups is 3. The minimum absolute atomic E-state index is 0.0292. The van der Waals surface area contributed by atoms with Gasteiger partial charge >= 0.3 is 17.9 Å². The van der Waals surface area contributed by atoms with Crippen molar-refractivity contribution in [1.82, 2.24) is 14.5 Å². The van der Waals surface area contributed by atoms with Crippen molar-refractivity contribution in [3.8, 4) is 0 Å². The Balaban J connectivity index is 2.51. The van der Waals surface area contributed by atoms with Crippen LogP contribution in [0.1, 0.15) is 33.9 Å². The van der Waals surface area contributed by atoms with Crippen LogP contribution < -0.4 is 5.73 Å². The van der Waals surface area contributed by atoms with Gasteiger partial charge in [-0.1, -0.05) is 0 Å². The van der Waals surface area contributed by atoms with Gasteiger partial charge in [0, 0.05) is 20.8 Å². The summed E-state index contributed by atoms with van der Waals surface area (Å²) in [7, 11) is 0. The molecule has 14 nitrogen and oxygen atoms in total. The van der Waals surface area contributed by atoms with Gasteiger partial charge in [-0.3, -0.25) is 29.1 Å². The summed E-state index contributed by atoms with van der Waals surface area (Å²) in [5.74, 6) is -1.97. The average molecular weight is 453 g/mol. The Hall–Kier alpha value is -3.81. The molecule has 2 aromatic rings. The van der Waals surface area contributed by atoms with Gasteiger partial charge in [0.2, 0.25) is 0 Å². The number of carbonyl (C=O) groups excluding carboxylic acids is 3. The lowest BCUT2D eigenvalue weighted by Crippen LogP contribution is -2.38. The molecule has 0 radical (unpaired) electrons. The maximum Gasteiger partial charge on any atom is 0.302 e. The van der Waals surface area contributed by atoms with E-state index in [4.69, 9.17) is 24.7 Å². The van der Waals surface area contributed by atoms with E-state index in [1.807, 2.05) is 0 Å². The van der Waals surface area contributed by atoms with Crippen LogP contribution in [0.5, 0.6) is 0 Å². The molecule has 0 bridgehead atoms. The van der Waals surface area contributed by atoms with Crippen LogP contribution in [-0.2, 0) is 33.3 Å². The Morgan fingerprint density at radius 3 is 2.31 bits per heavy atom. The number of nitrogens with zero attached hydrogens (tertiary/aromatic N) is 4. The van der Waals surface area contributed by atoms with Crippen LogP contribution in [0.4, 0.5) is 11.5 Å². The van der Waals surface area contributed by atoms with Gasteiger partial charge in [0.25, 0.3) is 5.69 Å². The molecule has 174 valence electrons. The fourth-order valence-electron chi connectivity index (χ4n) is 2.84. The molecule has 0 aliphatic carbocycles. The molecule has 0 saturated carbocycles. The van der Waals surface area contributed by atoms with Crippen LogP contribution in [-0.4, -0.2) is 62.8 Å². The van der Waals surface area contributed by atoms with Crippen molar-refractivity contribution in [1.29, 1.82) is 0 Å². The van der Waals surface area contributed by atoms with E-state index < -0.39 is 41.3 Å². The van der Waals surface area contributed by atoms with Crippen LogP contribution in [0.2, 0.25) is 0 Å². The molecule has 3 atom stereocenters. The smallest absolute Gasteiger partial charge is 0.302 e. The molecule has 0 unspecified atom stereocenters. The maximum absolute atomic E-state index is 11.5. The predicted molar refractivity (Wildman–Crippen MR) is 107 cm³/mol. The van der Waals surface area contributed by atoms with E-state index in [0.717, 1.165) is 12.5 Å². The fraction of sp³-hybridized carbons (Fsp3) is 0.500. The summed E-state index contributed by atoms with van der Waals surface area (Å²) in [6.45, 7) is 4.37. The van der Waals surface area contributed by atoms with Crippen molar-refractivity contribution >= 4 is 40.4 Å². The van der Waals surface area contributed by atoms with E-state index in [1.165, 1.54) is 32.3 Å². The first-order valence-corrected chi connectivity index (χ1v) is 9.36. The van der Waals surface area contributed by atoms with Gasteiger partial charge in [0.15, 0.2) is 11.9 Å². The quantitative estimate of drug-likeness (QED) is 0.232. The minimum Gasteiger partial charge on any atom is -0.463 e. The van der Waals surface area contributed by atoms with E-state index in [-0.39, 0.29) is 35.8 Å². The number of nitrogens with two attached hydrogens (primary N) is 1. The molecule has 2 heterocycles. The highest BCUT2D eigenvalue weighted by atomic mass is 16.6. The van der Waals surface area contributed by atoms with Crippen molar-refractivity contribution in [3.63, 3.8) is 0 Å². The molecule has 2 N–H and O–H groups in total. The monoisotopic (exact) mass is 453 g/mol. The van der Waals surface area contributed by atoms with Crippen LogP contribution in [0, 0.1) is 10.1 Å². The van der Waals surface area contributed by atoms with E-state index in [2.05, 4.69) is 9.97 Å². The van der Waals surface area contributed by atoms with E-state index in [0.29, 0.717) is 0 Å². The number of anilines is 1. The Labute approximate surface area is 181 Å². The molecule has 0 aliphatic rings. The van der Waals surface area contributed by atoms with Gasteiger partial charge in [-0.05, 0) is 6.92 Å². The van der Waals surface area contributed by atoms with Crippen molar-refractivity contribution in [2.24, 2.45) is 0 Å². The molecule has 2 rings (SSSR count). The van der Waals surface area contributed by atoms with Crippen molar-refractivity contribution < 1.29 is 38.3 Å². The second-order valence-corrected chi connectivity index (χ2v) is 6.69. The molecule has 0 spiro atoms. The molecule has 0 saturated heterocycles. The number of rotatable bonds is 10. The number of fused-ring (bicyclic) bond motifs is 1. The Kier molecular flexibility index (Phi) is 8.01. The number of nitro groups is 1. The Morgan fingerprint density at radius 2 is 1.75 bits per heavy atom. The zero-order valence-electron chi connectivity index (χ0n) is 17.8. The van der Waals surface area contributed by atoms with Gasteiger partial charge in [-0.15, -0.1) is 0 Å². The van der Waals surface area contributed by atoms with Crippen LogP contribution in [0.3, 0.4) is 0 Å². The average Bonchev–Trinajstić information content (AvgIpc) is 3.07. The first kappa shape index (κ1) is 24.5. The molecule has 32 heavy (non-hydrogen) atoms. The first-order chi connectivity index (χ1) is 15.0. The lowest BCUT2D eigenvalue weighted by Gasteiger charge is -2.29. The summed E-state index contributed by atoms with van der Waals surface area (Å²) >= 11 is 0. The number of aromatic nitrogens is 3. The standard InChI is InChI=1S/C18H23N5O9/c1-9(31-12(4)26)14(6-29-10(2)24)32-15(7-30-11(3)25)22-5-13(23(27)28)16-17(19)20-8-21-18(16)22/h5,8-9,14-15H,6-7H2,1-4H3,(H2,19,20,21)/t9-,14+,15+/m0/s1. The molecular formula is C18H23N5O9. The molecular weight excluding hydrogens is 430 g/mol. The van der Waals surface area contributed by atoms with E-state index in [1.54, 1.807) is 0 Å². The van der Waals surface area contributed by atoms with E-state index in [9.17, 15) is 24.5 Å². The molecule has 0 aromatic carbocycles. The van der Waals surface area contributed by atoms with E-state index >= 15 is 0 Å². The number of hydrogen-bond acceptors (Lipinski definition) is 12. The second kappa shape index (κ2) is 10.5. The molecule has 2 aromatic heterocycles. The molecule has 0 fully saturated rings. The van der Waals surface area contributed by atoms with Crippen LogP contribution >= 0.6 is 0 Å². The third kappa shape index (κ3) is 6.10. The third-order valence-corrected chi connectivity index (χ3v) is 4.21. The van der Waals surface area contributed by atoms with Crippen LogP contribution in [0.15, 0.2) is 12.5 Å². The van der Waals surface area contributed by atoms with Gasteiger partial charge in [-0.2, -0.15) is 0 Å². The largest absolute Gasteiger partial charge is 0.463 e. The summed E-state index contributed by atoms with van der Waals surface area (Å²) in [4.78, 5) is 52.8. The Bertz CT molecular complexity index is 1020. The summed E-state index contributed by atoms with van der Waals surface area (Å²) in [6.07, 6.45) is -0.854. The molecule has 0 amide bonds. The SMILES string of the molecule is CC(=O)OC[C@@H](O[C@H](COC(C)=O)n1cc([N+](=O)[O-])c2c(N)ncnc21)[C@H](C)OC(C)=O. The molecule has 0 aliphatic heterocycles. The van der Waals surface area contributed by atoms with Crippen LogP contribution in [0.25, 0.3) is 11.0 Å². The zero-order chi connectivity index (χ0) is 24.0. The first-order valence-electron chi connectivity index (χ1n) is 9.36. The number of hydrogen-bond donors (Lipinski definition) is 1. The van der Waals surface area contributed by atoms with Gasteiger partial charge in [0.1, 0.15) is 43.0 Å². The predicted octanol–water partition coefficient (Wildman–Crippen LogP) is 0.883. The summed E-state index contributed by atoms with van der Waals surface area (Å²) in [6, 6.07) is 0. The summed E-state index contributed by atoms with van der Waals surface area (Å²) < 4.78 is 22.4. The van der Waals surface area contributed by atoms with Gasteiger partial charge < -0.3 is 24.7 Å². The molecule has 14 heteroatoms. The highest BCUT2D eigenvalue weighted by Crippen LogP contribution is 2.33. The summed E-state index contributed by atoms with van der Waals surface area (Å²) in [5.41, 5.74) is 5.46. The Morgan fingerprint density at radius 1 is 1.12 bits per heavy atom. The topological polar surface area (TPSA) is 188 Å². The van der Waals surface area contributed by atoms with Gasteiger partial charge in [-0.25, -0.2) is 9.97 Å². The highest BCUT2D eigenvalue weighted by molar-refractivity contribution is 5.95. The normalized spacial score (nSPS) is 13.8. The summed E-state index contributed by atoms with van der Waals surface area (Å²) in [5, 5.41) is 11.5. The maximum atomic E-state index is 11.5. The zero-order valence-corrected chi connectivity index (χ0v) is 17.8. The number of nitrogen functional groups attached to an aromatic ring is 1. The minimum atomic E-state index is -1.18. The van der Waals surface area contributed by atoms with Gasteiger partial charge in [0.05, 0.1) is 11.1 Å².